The van der Waals surface area contributed by atoms with E-state index >= 15 is 0 Å². The van der Waals surface area contributed by atoms with E-state index < -0.39 is 0 Å². The van der Waals surface area contributed by atoms with Crippen molar-refractivity contribution in [1.82, 2.24) is 0 Å². The minimum atomic E-state index is 0.427. The Kier molecular flexibility index (Phi) is 5.48. The van der Waals surface area contributed by atoms with E-state index in [2.05, 4.69) is 52.4 Å². The normalized spacial score (nSPS) is 11.9. The van der Waals surface area contributed by atoms with Crippen molar-refractivity contribution in [2.24, 2.45) is 0 Å². The molecule has 0 saturated carbocycles. The second-order valence-corrected chi connectivity index (χ2v) is 5.77. The van der Waals surface area contributed by atoms with Gasteiger partial charge in [0.25, 0.3) is 0 Å². The standard InChI is InChI=1S/C17H20BrNO/c1-13(19-17-6-4-3-5-16(17)18)7-8-14-9-11-15(20-2)12-10-14/h3-6,9-13,19H,7-8H2,1-2H3. The van der Waals surface area contributed by atoms with Gasteiger partial charge in [-0.05, 0) is 65.5 Å². The van der Waals surface area contributed by atoms with Gasteiger partial charge in [-0.3, -0.25) is 0 Å². The Hall–Kier alpha value is -1.48. The molecule has 106 valence electrons. The van der Waals surface area contributed by atoms with E-state index in [1.807, 2.05) is 24.3 Å². The molecule has 2 rings (SSSR count). The third-order valence-corrected chi connectivity index (χ3v) is 3.99. The molecule has 0 aromatic heterocycles. The van der Waals surface area contributed by atoms with Crippen molar-refractivity contribution in [3.63, 3.8) is 0 Å². The Balaban J connectivity index is 1.85. The van der Waals surface area contributed by atoms with Crippen LogP contribution in [0.3, 0.4) is 0 Å². The van der Waals surface area contributed by atoms with Crippen LogP contribution < -0.4 is 10.1 Å². The molecular weight excluding hydrogens is 314 g/mol. The first-order valence-corrected chi connectivity index (χ1v) is 7.62. The van der Waals surface area contributed by atoms with E-state index in [9.17, 15) is 0 Å². The lowest BCUT2D eigenvalue weighted by atomic mass is 10.1. The van der Waals surface area contributed by atoms with Crippen LogP contribution in [0.25, 0.3) is 0 Å². The highest BCUT2D eigenvalue weighted by Gasteiger charge is 2.05. The SMILES string of the molecule is COc1ccc(CCC(C)Nc2ccccc2Br)cc1. The molecule has 0 fully saturated rings. The van der Waals surface area contributed by atoms with Gasteiger partial charge < -0.3 is 10.1 Å². The monoisotopic (exact) mass is 333 g/mol. The maximum absolute atomic E-state index is 5.17. The lowest BCUT2D eigenvalue weighted by Gasteiger charge is -2.16. The second kappa shape index (κ2) is 7.34. The van der Waals surface area contributed by atoms with Gasteiger partial charge in [0.2, 0.25) is 0 Å². The third kappa shape index (κ3) is 4.27. The van der Waals surface area contributed by atoms with Crippen LogP contribution in [0.2, 0.25) is 0 Å². The molecule has 2 aromatic carbocycles. The summed E-state index contributed by atoms with van der Waals surface area (Å²) in [6.07, 6.45) is 2.15. The van der Waals surface area contributed by atoms with Crippen molar-refractivity contribution in [2.45, 2.75) is 25.8 Å². The van der Waals surface area contributed by atoms with Crippen molar-refractivity contribution >= 4 is 21.6 Å². The zero-order chi connectivity index (χ0) is 14.4. The smallest absolute Gasteiger partial charge is 0.118 e. The summed E-state index contributed by atoms with van der Waals surface area (Å²) in [7, 11) is 1.69. The maximum Gasteiger partial charge on any atom is 0.118 e. The minimum absolute atomic E-state index is 0.427. The third-order valence-electron chi connectivity index (χ3n) is 3.30. The summed E-state index contributed by atoms with van der Waals surface area (Å²) < 4.78 is 6.28. The number of hydrogen-bond acceptors (Lipinski definition) is 2. The lowest BCUT2D eigenvalue weighted by Crippen LogP contribution is -2.16. The Morgan fingerprint density at radius 3 is 2.45 bits per heavy atom. The highest BCUT2D eigenvalue weighted by molar-refractivity contribution is 9.10. The van der Waals surface area contributed by atoms with Crippen molar-refractivity contribution in [1.29, 1.82) is 0 Å². The fourth-order valence-corrected chi connectivity index (χ4v) is 2.49. The largest absolute Gasteiger partial charge is 0.497 e. The van der Waals surface area contributed by atoms with E-state index in [4.69, 9.17) is 4.74 Å². The number of nitrogens with one attached hydrogen (secondary N) is 1. The average molecular weight is 334 g/mol. The quantitative estimate of drug-likeness (QED) is 0.812. The summed E-state index contributed by atoms with van der Waals surface area (Å²) in [6.45, 7) is 2.21. The van der Waals surface area contributed by atoms with Gasteiger partial charge in [0.1, 0.15) is 5.75 Å². The molecule has 0 aliphatic rings. The van der Waals surface area contributed by atoms with Gasteiger partial charge >= 0.3 is 0 Å². The fraction of sp³-hybridized carbons (Fsp3) is 0.294. The van der Waals surface area contributed by atoms with E-state index in [1.165, 1.54) is 5.56 Å². The summed E-state index contributed by atoms with van der Waals surface area (Å²) in [5.74, 6) is 0.910. The molecule has 1 N–H and O–H groups in total. The molecular formula is C17H20BrNO. The molecule has 2 nitrogen and oxygen atoms in total. The fourth-order valence-electron chi connectivity index (χ4n) is 2.09. The van der Waals surface area contributed by atoms with E-state index in [1.54, 1.807) is 7.11 Å². The molecule has 0 heterocycles. The van der Waals surface area contributed by atoms with Gasteiger partial charge in [0.05, 0.1) is 7.11 Å². The second-order valence-electron chi connectivity index (χ2n) is 4.91. The molecule has 0 bridgehead atoms. The molecule has 1 atom stereocenters. The first kappa shape index (κ1) is 14.9. The van der Waals surface area contributed by atoms with Crippen LogP contribution in [0.5, 0.6) is 5.75 Å². The lowest BCUT2D eigenvalue weighted by molar-refractivity contribution is 0.414. The summed E-state index contributed by atoms with van der Waals surface area (Å²) in [4.78, 5) is 0. The maximum atomic E-state index is 5.17. The molecule has 0 aliphatic carbocycles. The Morgan fingerprint density at radius 1 is 1.10 bits per heavy atom. The number of rotatable bonds is 6. The van der Waals surface area contributed by atoms with Gasteiger partial charge in [0.15, 0.2) is 0 Å². The molecule has 2 aromatic rings. The topological polar surface area (TPSA) is 21.3 Å². The Labute approximate surface area is 129 Å². The molecule has 0 saturated heterocycles. The van der Waals surface area contributed by atoms with E-state index in [-0.39, 0.29) is 0 Å². The molecule has 0 spiro atoms. The van der Waals surface area contributed by atoms with Crippen LogP contribution in [0, 0.1) is 0 Å². The predicted octanol–water partition coefficient (Wildman–Crippen LogP) is 4.89. The number of hydrogen-bond donors (Lipinski definition) is 1. The van der Waals surface area contributed by atoms with Crippen LogP contribution in [0.15, 0.2) is 53.0 Å². The molecule has 0 aliphatic heterocycles. The van der Waals surface area contributed by atoms with Gasteiger partial charge in [-0.25, -0.2) is 0 Å². The van der Waals surface area contributed by atoms with Gasteiger partial charge in [-0.15, -0.1) is 0 Å². The number of halogens is 1. The number of ether oxygens (including phenoxy) is 1. The minimum Gasteiger partial charge on any atom is -0.497 e. The number of para-hydroxylation sites is 1. The Morgan fingerprint density at radius 2 is 1.80 bits per heavy atom. The number of methoxy groups -OCH3 is 1. The summed E-state index contributed by atoms with van der Waals surface area (Å²) >= 11 is 3.56. The molecule has 0 radical (unpaired) electrons. The van der Waals surface area contributed by atoms with Crippen molar-refractivity contribution in [3.05, 3.63) is 58.6 Å². The zero-order valence-electron chi connectivity index (χ0n) is 11.9. The van der Waals surface area contributed by atoms with Gasteiger partial charge in [-0.1, -0.05) is 24.3 Å². The Bertz CT molecular complexity index is 539. The molecule has 0 amide bonds. The predicted molar refractivity (Wildman–Crippen MR) is 88.5 cm³/mol. The number of anilines is 1. The van der Waals surface area contributed by atoms with E-state index in [0.29, 0.717) is 6.04 Å². The van der Waals surface area contributed by atoms with Crippen LogP contribution in [0.4, 0.5) is 5.69 Å². The van der Waals surface area contributed by atoms with Gasteiger partial charge in [-0.2, -0.15) is 0 Å². The highest BCUT2D eigenvalue weighted by atomic mass is 79.9. The zero-order valence-corrected chi connectivity index (χ0v) is 13.5. The number of benzene rings is 2. The van der Waals surface area contributed by atoms with Crippen molar-refractivity contribution in [3.8, 4) is 5.75 Å². The summed E-state index contributed by atoms with van der Waals surface area (Å²) in [6, 6.07) is 16.9. The summed E-state index contributed by atoms with van der Waals surface area (Å²) in [5.41, 5.74) is 2.49. The first-order chi connectivity index (χ1) is 9.69. The molecule has 20 heavy (non-hydrogen) atoms. The molecule has 3 heteroatoms. The van der Waals surface area contributed by atoms with Crippen molar-refractivity contribution in [2.75, 3.05) is 12.4 Å². The van der Waals surface area contributed by atoms with E-state index in [0.717, 1.165) is 28.8 Å². The number of aryl methyl sites for hydroxylation is 1. The molecule has 1 unspecified atom stereocenters. The first-order valence-electron chi connectivity index (χ1n) is 6.83. The van der Waals surface area contributed by atoms with Crippen LogP contribution in [-0.4, -0.2) is 13.2 Å². The van der Waals surface area contributed by atoms with Crippen LogP contribution in [0.1, 0.15) is 18.9 Å². The summed E-state index contributed by atoms with van der Waals surface area (Å²) in [5, 5.41) is 3.53. The van der Waals surface area contributed by atoms with Crippen LogP contribution in [-0.2, 0) is 6.42 Å². The van der Waals surface area contributed by atoms with Crippen molar-refractivity contribution < 1.29 is 4.74 Å². The highest BCUT2D eigenvalue weighted by Crippen LogP contribution is 2.23. The van der Waals surface area contributed by atoms with Gasteiger partial charge in [0, 0.05) is 16.2 Å². The average Bonchev–Trinajstić information content (AvgIpc) is 2.48. The van der Waals surface area contributed by atoms with Crippen LogP contribution >= 0.6 is 15.9 Å².